The van der Waals surface area contributed by atoms with E-state index in [0.29, 0.717) is 13.1 Å². The third-order valence-electron chi connectivity index (χ3n) is 5.52. The fourth-order valence-electron chi connectivity index (χ4n) is 4.23. The van der Waals surface area contributed by atoms with Gasteiger partial charge in [0.25, 0.3) is 0 Å². The molecule has 1 saturated heterocycles. The van der Waals surface area contributed by atoms with Gasteiger partial charge in [-0.05, 0) is 25.0 Å². The Hall–Kier alpha value is -2.24. The van der Waals surface area contributed by atoms with Crippen LogP contribution in [0.4, 0.5) is 5.69 Å². The zero-order valence-electron chi connectivity index (χ0n) is 15.8. The first kappa shape index (κ1) is 18.5. The van der Waals surface area contributed by atoms with Crippen molar-refractivity contribution in [3.05, 3.63) is 24.3 Å². The maximum atomic E-state index is 13.2. The summed E-state index contributed by atoms with van der Waals surface area (Å²) >= 11 is 0. The van der Waals surface area contributed by atoms with Crippen LogP contribution in [0.5, 0.6) is 5.75 Å². The van der Waals surface area contributed by atoms with Crippen molar-refractivity contribution in [3.8, 4) is 5.75 Å². The van der Waals surface area contributed by atoms with Crippen LogP contribution in [-0.4, -0.2) is 55.5 Å². The summed E-state index contributed by atoms with van der Waals surface area (Å²) in [6, 6.07) is 7.97. The van der Waals surface area contributed by atoms with Crippen LogP contribution in [0.2, 0.25) is 0 Å². The van der Waals surface area contributed by atoms with Crippen LogP contribution in [0.1, 0.15) is 39.0 Å². The maximum Gasteiger partial charge on any atom is 0.248 e. The molecule has 26 heavy (non-hydrogen) atoms. The highest BCUT2D eigenvalue weighted by atomic mass is 16.5. The molecule has 0 aromatic heterocycles. The van der Waals surface area contributed by atoms with E-state index in [0.717, 1.165) is 56.6 Å². The Balaban J connectivity index is 1.68. The van der Waals surface area contributed by atoms with Gasteiger partial charge < -0.3 is 19.9 Å². The van der Waals surface area contributed by atoms with Crippen molar-refractivity contribution < 1.29 is 14.3 Å². The molecule has 1 heterocycles. The van der Waals surface area contributed by atoms with Crippen LogP contribution < -0.4 is 15.0 Å². The average molecular weight is 359 g/mol. The van der Waals surface area contributed by atoms with E-state index in [1.807, 2.05) is 23.1 Å². The molecular weight excluding hydrogens is 330 g/mol. The summed E-state index contributed by atoms with van der Waals surface area (Å²) in [5, 5.41) is 2.99. The Morgan fingerprint density at radius 2 is 1.69 bits per heavy atom. The lowest BCUT2D eigenvalue weighted by molar-refractivity contribution is -0.143. The van der Waals surface area contributed by atoms with E-state index < -0.39 is 5.54 Å². The second-order valence-electron chi connectivity index (χ2n) is 7.28. The molecule has 2 fully saturated rings. The van der Waals surface area contributed by atoms with E-state index in [4.69, 9.17) is 4.74 Å². The Kier molecular flexibility index (Phi) is 5.69. The number of nitrogens with zero attached hydrogens (tertiary/aromatic N) is 2. The Bertz CT molecular complexity index is 647. The second kappa shape index (κ2) is 7.98. The molecule has 1 aromatic rings. The van der Waals surface area contributed by atoms with Gasteiger partial charge in [-0.15, -0.1) is 0 Å². The number of hydrogen-bond acceptors (Lipinski definition) is 4. The number of nitrogens with one attached hydrogen (secondary N) is 1. The number of hydrogen-bond donors (Lipinski definition) is 1. The number of piperazine rings is 1. The summed E-state index contributed by atoms with van der Waals surface area (Å²) in [5.41, 5.74) is 0.368. The third kappa shape index (κ3) is 3.79. The van der Waals surface area contributed by atoms with Crippen molar-refractivity contribution in [2.45, 2.75) is 44.6 Å². The summed E-state index contributed by atoms with van der Waals surface area (Å²) in [6.07, 6.45) is 4.62. The van der Waals surface area contributed by atoms with Gasteiger partial charge in [-0.2, -0.15) is 0 Å². The fourth-order valence-corrected chi connectivity index (χ4v) is 4.23. The Labute approximate surface area is 155 Å². The number of para-hydroxylation sites is 2. The van der Waals surface area contributed by atoms with Gasteiger partial charge in [0, 0.05) is 33.1 Å². The first-order valence-electron chi connectivity index (χ1n) is 9.52. The van der Waals surface area contributed by atoms with Gasteiger partial charge in [0.05, 0.1) is 12.8 Å². The van der Waals surface area contributed by atoms with Crippen molar-refractivity contribution >= 4 is 17.5 Å². The summed E-state index contributed by atoms with van der Waals surface area (Å²) in [7, 11) is 1.68. The topological polar surface area (TPSA) is 61.9 Å². The molecule has 6 nitrogen and oxygen atoms in total. The molecule has 2 aliphatic rings. The molecular formula is C20H29N3O3. The molecule has 142 valence electrons. The molecule has 0 unspecified atom stereocenters. The molecule has 0 atom stereocenters. The number of carbonyl (C=O) groups excluding carboxylic acids is 2. The number of amides is 2. The smallest absolute Gasteiger partial charge is 0.248 e. The van der Waals surface area contributed by atoms with E-state index in [2.05, 4.69) is 16.3 Å². The summed E-state index contributed by atoms with van der Waals surface area (Å²) in [5.74, 6) is 0.828. The lowest BCUT2D eigenvalue weighted by Crippen LogP contribution is -2.63. The zero-order valence-corrected chi connectivity index (χ0v) is 15.8. The first-order chi connectivity index (χ1) is 12.6. The largest absolute Gasteiger partial charge is 0.495 e. The SMILES string of the molecule is COc1ccccc1N1CCN(C(=O)C2(NC(C)=O)CCCCC2)CC1. The van der Waals surface area contributed by atoms with Crippen molar-refractivity contribution in [1.82, 2.24) is 10.2 Å². The van der Waals surface area contributed by atoms with E-state index in [9.17, 15) is 9.59 Å². The van der Waals surface area contributed by atoms with E-state index in [1.54, 1.807) is 7.11 Å². The summed E-state index contributed by atoms with van der Waals surface area (Å²) < 4.78 is 5.46. The van der Waals surface area contributed by atoms with Crippen LogP contribution in [0.3, 0.4) is 0 Å². The van der Waals surface area contributed by atoms with E-state index in [1.165, 1.54) is 6.92 Å². The van der Waals surface area contributed by atoms with Crippen LogP contribution in [-0.2, 0) is 9.59 Å². The van der Waals surface area contributed by atoms with Crippen LogP contribution in [0.25, 0.3) is 0 Å². The minimum atomic E-state index is -0.698. The van der Waals surface area contributed by atoms with Crippen molar-refractivity contribution in [1.29, 1.82) is 0 Å². The number of anilines is 1. The van der Waals surface area contributed by atoms with Gasteiger partial charge in [-0.3, -0.25) is 9.59 Å². The summed E-state index contributed by atoms with van der Waals surface area (Å²) in [4.78, 5) is 29.1. The molecule has 3 rings (SSSR count). The van der Waals surface area contributed by atoms with E-state index in [-0.39, 0.29) is 11.8 Å². The van der Waals surface area contributed by atoms with Gasteiger partial charge in [-0.25, -0.2) is 0 Å². The van der Waals surface area contributed by atoms with Gasteiger partial charge in [0.1, 0.15) is 11.3 Å². The number of rotatable bonds is 4. The third-order valence-corrected chi connectivity index (χ3v) is 5.52. The molecule has 1 aliphatic carbocycles. The standard InChI is InChI=1S/C20H29N3O3/c1-16(24)21-20(10-6-3-7-11-20)19(25)23-14-12-22(13-15-23)17-8-4-5-9-18(17)26-2/h4-5,8-9H,3,6-7,10-15H2,1-2H3,(H,21,24). The van der Waals surface area contributed by atoms with Gasteiger partial charge in [-0.1, -0.05) is 31.4 Å². The normalized spacial score (nSPS) is 19.8. The number of carbonyl (C=O) groups is 2. The van der Waals surface area contributed by atoms with Crippen molar-refractivity contribution in [2.24, 2.45) is 0 Å². The second-order valence-corrected chi connectivity index (χ2v) is 7.28. The minimum Gasteiger partial charge on any atom is -0.495 e. The van der Waals surface area contributed by atoms with Crippen molar-refractivity contribution in [2.75, 3.05) is 38.2 Å². The predicted octanol–water partition coefficient (Wildman–Crippen LogP) is 2.18. The summed E-state index contributed by atoms with van der Waals surface area (Å²) in [6.45, 7) is 4.37. The maximum absolute atomic E-state index is 13.2. The van der Waals surface area contributed by atoms with E-state index >= 15 is 0 Å². The highest BCUT2D eigenvalue weighted by Crippen LogP contribution is 2.32. The van der Waals surface area contributed by atoms with Gasteiger partial charge in [0.15, 0.2) is 0 Å². The quantitative estimate of drug-likeness (QED) is 0.895. The Morgan fingerprint density at radius 1 is 1.04 bits per heavy atom. The highest BCUT2D eigenvalue weighted by molar-refractivity contribution is 5.91. The first-order valence-corrected chi connectivity index (χ1v) is 9.52. The lowest BCUT2D eigenvalue weighted by atomic mass is 9.80. The Morgan fingerprint density at radius 3 is 2.31 bits per heavy atom. The predicted molar refractivity (Wildman–Crippen MR) is 101 cm³/mol. The number of methoxy groups -OCH3 is 1. The molecule has 0 radical (unpaired) electrons. The highest BCUT2D eigenvalue weighted by Gasteiger charge is 2.43. The van der Waals surface area contributed by atoms with Crippen LogP contribution in [0, 0.1) is 0 Å². The number of benzene rings is 1. The monoisotopic (exact) mass is 359 g/mol. The van der Waals surface area contributed by atoms with Gasteiger partial charge in [0.2, 0.25) is 11.8 Å². The average Bonchev–Trinajstić information content (AvgIpc) is 2.67. The van der Waals surface area contributed by atoms with Crippen LogP contribution >= 0.6 is 0 Å². The lowest BCUT2D eigenvalue weighted by Gasteiger charge is -2.43. The molecule has 1 N–H and O–H groups in total. The van der Waals surface area contributed by atoms with Crippen LogP contribution in [0.15, 0.2) is 24.3 Å². The van der Waals surface area contributed by atoms with Crippen molar-refractivity contribution in [3.63, 3.8) is 0 Å². The fraction of sp³-hybridized carbons (Fsp3) is 0.600. The molecule has 1 aromatic carbocycles. The molecule has 2 amide bonds. The molecule has 0 bridgehead atoms. The molecule has 0 spiro atoms. The zero-order chi connectivity index (χ0) is 18.6. The molecule has 1 aliphatic heterocycles. The molecule has 1 saturated carbocycles. The van der Waals surface area contributed by atoms with Gasteiger partial charge >= 0.3 is 0 Å². The number of ether oxygens (including phenoxy) is 1. The molecule has 6 heteroatoms. The minimum absolute atomic E-state index is 0.0899.